The summed E-state index contributed by atoms with van der Waals surface area (Å²) in [6, 6.07) is 5.55. The predicted molar refractivity (Wildman–Crippen MR) is 41.7 cm³/mol. The molecule has 0 aliphatic rings. The van der Waals surface area contributed by atoms with Crippen LogP contribution in [0.2, 0.25) is 5.02 Å². The molecule has 4 heteroatoms. The summed E-state index contributed by atoms with van der Waals surface area (Å²) in [5, 5.41) is 10.4. The average Bonchev–Trinajstić information content (AvgIpc) is 1.94. The Morgan fingerprint density at radius 1 is 1.73 bits per heavy atom. The molecular formula is C7H5ClNO2. The van der Waals surface area contributed by atoms with E-state index in [1.54, 1.807) is 6.92 Å². The Morgan fingerprint density at radius 3 is 2.82 bits per heavy atom. The molecule has 1 rings (SSSR count). The Hall–Kier alpha value is -1.09. The molecule has 1 aromatic rings. The first kappa shape index (κ1) is 8.01. The number of nitro groups is 1. The Morgan fingerprint density at radius 2 is 2.36 bits per heavy atom. The molecule has 0 saturated carbocycles. The van der Waals surface area contributed by atoms with E-state index in [9.17, 15) is 10.1 Å². The molecule has 1 aromatic carbocycles. The highest BCUT2D eigenvalue weighted by atomic mass is 35.5. The maximum Gasteiger partial charge on any atom is 0.288 e. The van der Waals surface area contributed by atoms with E-state index >= 15 is 0 Å². The lowest BCUT2D eigenvalue weighted by atomic mass is 10.2. The first-order chi connectivity index (χ1) is 5.11. The fraction of sp³-hybridized carbons (Fsp3) is 0.143. The fourth-order valence-electron chi connectivity index (χ4n) is 0.707. The number of nitro benzene ring substituents is 1. The second-order valence-corrected chi connectivity index (χ2v) is 2.51. The lowest BCUT2D eigenvalue weighted by molar-refractivity contribution is -0.384. The second kappa shape index (κ2) is 2.88. The minimum absolute atomic E-state index is 0.0667. The average molecular weight is 171 g/mol. The lowest BCUT2D eigenvalue weighted by Gasteiger charge is -1.94. The first-order valence-electron chi connectivity index (χ1n) is 2.93. The van der Waals surface area contributed by atoms with Gasteiger partial charge in [0.25, 0.3) is 5.69 Å². The number of aryl methyl sites for hydroxylation is 1. The third-order valence-corrected chi connectivity index (χ3v) is 1.52. The molecule has 0 saturated heterocycles. The van der Waals surface area contributed by atoms with Crippen LogP contribution in [0.1, 0.15) is 5.56 Å². The van der Waals surface area contributed by atoms with Crippen LogP contribution in [0.4, 0.5) is 5.69 Å². The van der Waals surface area contributed by atoms with Gasteiger partial charge in [-0.05, 0) is 24.6 Å². The monoisotopic (exact) mass is 170 g/mol. The van der Waals surface area contributed by atoms with Gasteiger partial charge in [0.15, 0.2) is 0 Å². The van der Waals surface area contributed by atoms with Crippen molar-refractivity contribution in [1.82, 2.24) is 0 Å². The highest BCUT2D eigenvalue weighted by Crippen LogP contribution is 2.23. The molecule has 0 aliphatic heterocycles. The zero-order chi connectivity index (χ0) is 8.43. The highest BCUT2D eigenvalue weighted by Gasteiger charge is 2.10. The molecule has 0 atom stereocenters. The number of hydrogen-bond donors (Lipinski definition) is 0. The van der Waals surface area contributed by atoms with Gasteiger partial charge in [-0.15, -0.1) is 0 Å². The Labute approximate surface area is 68.8 Å². The van der Waals surface area contributed by atoms with E-state index in [0.717, 1.165) is 0 Å². The molecule has 0 bridgehead atoms. The molecule has 3 nitrogen and oxygen atoms in total. The van der Waals surface area contributed by atoms with E-state index in [1.165, 1.54) is 12.1 Å². The van der Waals surface area contributed by atoms with Gasteiger partial charge in [0.05, 0.1) is 4.92 Å². The van der Waals surface area contributed by atoms with Crippen molar-refractivity contribution in [3.63, 3.8) is 0 Å². The van der Waals surface area contributed by atoms with Crippen LogP contribution in [-0.2, 0) is 0 Å². The third kappa shape index (κ3) is 1.68. The van der Waals surface area contributed by atoms with Gasteiger partial charge in [0.2, 0.25) is 0 Å². The Kier molecular flexibility index (Phi) is 2.10. The summed E-state index contributed by atoms with van der Waals surface area (Å²) in [6.45, 7) is 1.73. The van der Waals surface area contributed by atoms with Crippen molar-refractivity contribution in [2.24, 2.45) is 0 Å². The largest absolute Gasteiger partial charge is 0.288 e. The molecule has 0 N–H and O–H groups in total. The fourth-order valence-corrected chi connectivity index (χ4v) is 0.885. The molecule has 0 aliphatic carbocycles. The molecule has 11 heavy (non-hydrogen) atoms. The summed E-state index contributed by atoms with van der Waals surface area (Å²) in [5.41, 5.74) is 0.643. The molecular weight excluding hydrogens is 166 g/mol. The van der Waals surface area contributed by atoms with Gasteiger partial charge >= 0.3 is 0 Å². The zero-order valence-corrected chi connectivity index (χ0v) is 6.55. The number of rotatable bonds is 1. The van der Waals surface area contributed by atoms with Crippen molar-refractivity contribution < 1.29 is 4.92 Å². The highest BCUT2D eigenvalue weighted by molar-refractivity contribution is 6.32. The molecule has 0 aromatic heterocycles. The second-order valence-electron chi connectivity index (χ2n) is 2.11. The first-order valence-corrected chi connectivity index (χ1v) is 3.31. The quantitative estimate of drug-likeness (QED) is 0.480. The van der Waals surface area contributed by atoms with Gasteiger partial charge in [-0.3, -0.25) is 10.1 Å². The van der Waals surface area contributed by atoms with E-state index in [0.29, 0.717) is 5.56 Å². The van der Waals surface area contributed by atoms with Crippen molar-refractivity contribution in [1.29, 1.82) is 0 Å². The molecule has 0 spiro atoms. The molecule has 57 valence electrons. The van der Waals surface area contributed by atoms with Crippen LogP contribution in [0.25, 0.3) is 0 Å². The number of benzene rings is 1. The summed E-state index contributed by atoms with van der Waals surface area (Å²) in [4.78, 5) is 9.77. The minimum Gasteiger partial charge on any atom is -0.258 e. The SMILES string of the molecule is Cc1[c]cc(Cl)c([N+](=O)[O-])c1. The number of hydrogen-bond acceptors (Lipinski definition) is 2. The van der Waals surface area contributed by atoms with Crippen molar-refractivity contribution in [3.05, 3.63) is 38.9 Å². The van der Waals surface area contributed by atoms with Crippen LogP contribution in [0.3, 0.4) is 0 Å². The molecule has 1 radical (unpaired) electrons. The third-order valence-electron chi connectivity index (χ3n) is 1.22. The minimum atomic E-state index is -0.511. The lowest BCUT2D eigenvalue weighted by Crippen LogP contribution is -1.89. The molecule has 0 fully saturated rings. The van der Waals surface area contributed by atoms with E-state index in [2.05, 4.69) is 6.07 Å². The van der Waals surface area contributed by atoms with Crippen molar-refractivity contribution in [2.75, 3.05) is 0 Å². The summed E-state index contributed by atoms with van der Waals surface area (Å²) in [5.74, 6) is 0. The molecule has 0 unspecified atom stereocenters. The van der Waals surface area contributed by atoms with Gasteiger partial charge < -0.3 is 0 Å². The zero-order valence-electron chi connectivity index (χ0n) is 5.80. The smallest absolute Gasteiger partial charge is 0.258 e. The van der Waals surface area contributed by atoms with Gasteiger partial charge in [-0.1, -0.05) is 11.6 Å². The summed E-state index contributed by atoms with van der Waals surface area (Å²) in [7, 11) is 0. The van der Waals surface area contributed by atoms with Crippen LogP contribution in [0.5, 0.6) is 0 Å². The maximum absolute atomic E-state index is 10.3. The van der Waals surface area contributed by atoms with Gasteiger partial charge in [0.1, 0.15) is 5.02 Å². The van der Waals surface area contributed by atoms with Gasteiger partial charge in [0, 0.05) is 6.07 Å². The Balaban J connectivity index is 3.23. The van der Waals surface area contributed by atoms with Crippen molar-refractivity contribution in [2.45, 2.75) is 6.92 Å². The van der Waals surface area contributed by atoms with E-state index in [1.807, 2.05) is 0 Å². The summed E-state index contributed by atoms with van der Waals surface area (Å²) >= 11 is 5.52. The normalized spacial score (nSPS) is 9.64. The van der Waals surface area contributed by atoms with Gasteiger partial charge in [-0.2, -0.15) is 0 Å². The van der Waals surface area contributed by atoms with Crippen LogP contribution >= 0.6 is 11.6 Å². The van der Waals surface area contributed by atoms with Crippen molar-refractivity contribution in [3.8, 4) is 0 Å². The topological polar surface area (TPSA) is 43.1 Å². The Bertz CT molecular complexity index is 298. The van der Waals surface area contributed by atoms with Crippen molar-refractivity contribution >= 4 is 17.3 Å². The van der Waals surface area contributed by atoms with Crippen LogP contribution in [0, 0.1) is 23.1 Å². The number of nitrogens with zero attached hydrogens (tertiary/aromatic N) is 1. The standard InChI is InChI=1S/C7H5ClNO2/c1-5-2-3-6(8)7(4-5)9(10)11/h3-4H,1H3. The summed E-state index contributed by atoms with van der Waals surface area (Å²) < 4.78 is 0. The van der Waals surface area contributed by atoms with Crippen LogP contribution in [0.15, 0.2) is 12.1 Å². The van der Waals surface area contributed by atoms with Gasteiger partial charge in [-0.25, -0.2) is 0 Å². The molecule has 0 amide bonds. The van der Waals surface area contributed by atoms with Crippen LogP contribution in [-0.4, -0.2) is 4.92 Å². The van der Waals surface area contributed by atoms with E-state index in [4.69, 9.17) is 11.6 Å². The van der Waals surface area contributed by atoms with E-state index < -0.39 is 4.92 Å². The summed E-state index contributed by atoms with van der Waals surface area (Å²) in [6.07, 6.45) is 0. The number of halogens is 1. The van der Waals surface area contributed by atoms with E-state index in [-0.39, 0.29) is 10.7 Å². The van der Waals surface area contributed by atoms with Crippen LogP contribution < -0.4 is 0 Å². The molecule has 0 heterocycles. The predicted octanol–water partition coefficient (Wildman–Crippen LogP) is 2.36. The maximum atomic E-state index is 10.3.